The van der Waals surface area contributed by atoms with Crippen LogP contribution in [-0.4, -0.2) is 24.5 Å². The lowest BCUT2D eigenvalue weighted by Gasteiger charge is -2.11. The number of nitrogens with one attached hydrogen (secondary N) is 1. The van der Waals surface area contributed by atoms with E-state index in [0.717, 1.165) is 27.4 Å². The van der Waals surface area contributed by atoms with Crippen molar-refractivity contribution >= 4 is 33.5 Å². The summed E-state index contributed by atoms with van der Waals surface area (Å²) in [7, 11) is 1.83. The lowest BCUT2D eigenvalue weighted by molar-refractivity contribution is 0.569. The van der Waals surface area contributed by atoms with E-state index in [1.165, 1.54) is 17.4 Å². The van der Waals surface area contributed by atoms with Gasteiger partial charge < -0.3 is 0 Å². The number of aryl methyl sites for hydroxylation is 1. The van der Waals surface area contributed by atoms with Crippen LogP contribution in [0, 0.1) is 5.92 Å². The minimum absolute atomic E-state index is 0.203. The fourth-order valence-corrected chi connectivity index (χ4v) is 5.43. The van der Waals surface area contributed by atoms with Crippen LogP contribution in [0.5, 0.6) is 0 Å². The van der Waals surface area contributed by atoms with Crippen molar-refractivity contribution in [2.45, 2.75) is 55.4 Å². The van der Waals surface area contributed by atoms with E-state index in [9.17, 15) is 9.59 Å². The highest BCUT2D eigenvalue weighted by Crippen LogP contribution is 2.39. The van der Waals surface area contributed by atoms with E-state index in [-0.39, 0.29) is 23.3 Å². The van der Waals surface area contributed by atoms with Crippen LogP contribution in [-0.2, 0) is 20.1 Å². The Labute approximate surface area is 170 Å². The van der Waals surface area contributed by atoms with Crippen molar-refractivity contribution in [2.24, 2.45) is 13.0 Å². The summed E-state index contributed by atoms with van der Waals surface area (Å²) in [6, 6.07) is 1.94. The summed E-state index contributed by atoms with van der Waals surface area (Å²) in [5, 5.41) is 4.79. The van der Waals surface area contributed by atoms with Gasteiger partial charge in [-0.05, 0) is 56.5 Å². The second-order valence-electron chi connectivity index (χ2n) is 8.30. The first kappa shape index (κ1) is 18.2. The van der Waals surface area contributed by atoms with E-state index in [2.05, 4.69) is 16.7 Å². The van der Waals surface area contributed by atoms with Crippen molar-refractivity contribution < 1.29 is 0 Å². The zero-order valence-electron chi connectivity index (χ0n) is 16.0. The predicted molar refractivity (Wildman–Crippen MR) is 112 cm³/mol. The molecule has 5 rings (SSSR count). The van der Waals surface area contributed by atoms with Crippen molar-refractivity contribution in [3.05, 3.63) is 44.9 Å². The highest BCUT2D eigenvalue weighted by Gasteiger charge is 2.37. The number of rotatable bonds is 7. The molecule has 3 aromatic rings. The Morgan fingerprint density at radius 1 is 1.32 bits per heavy atom. The molecule has 0 unspecified atom stereocenters. The largest absolute Gasteiger partial charge is 0.332 e. The average molecular weight is 418 g/mol. The second-order valence-corrected chi connectivity index (χ2v) is 10.4. The van der Waals surface area contributed by atoms with Crippen LogP contribution in [0.25, 0.3) is 10.2 Å². The van der Waals surface area contributed by atoms with E-state index in [1.807, 2.05) is 23.9 Å². The van der Waals surface area contributed by atoms with Crippen LogP contribution in [0.2, 0.25) is 0 Å². The molecule has 2 aliphatic rings. The molecule has 0 spiro atoms. The maximum absolute atomic E-state index is 13.2. The van der Waals surface area contributed by atoms with Crippen LogP contribution < -0.4 is 16.0 Å². The monoisotopic (exact) mass is 417 g/mol. The Bertz CT molecular complexity index is 1160. The fraction of sp³-hybridized carbons (Fsp3) is 0.526. The van der Waals surface area contributed by atoms with Crippen molar-refractivity contribution in [1.29, 1.82) is 0 Å². The Kier molecular flexibility index (Phi) is 4.29. The average Bonchev–Trinajstić information content (AvgIpc) is 3.54. The number of fused-ring (bicyclic) bond motifs is 1. The zero-order valence-corrected chi connectivity index (χ0v) is 17.6. The van der Waals surface area contributed by atoms with Crippen LogP contribution >= 0.6 is 23.3 Å². The van der Waals surface area contributed by atoms with Gasteiger partial charge >= 0.3 is 5.69 Å². The number of hydrogen-bond acceptors (Lipinski definition) is 6. The van der Waals surface area contributed by atoms with Crippen LogP contribution in [0.3, 0.4) is 0 Å². The van der Waals surface area contributed by atoms with Crippen molar-refractivity contribution in [2.75, 3.05) is 0 Å². The maximum Gasteiger partial charge on any atom is 0.332 e. The molecule has 0 radical (unpaired) electrons. The molecule has 9 heteroatoms. The van der Waals surface area contributed by atoms with Gasteiger partial charge in [-0.1, -0.05) is 0 Å². The molecule has 7 nitrogen and oxygen atoms in total. The van der Waals surface area contributed by atoms with E-state index in [4.69, 9.17) is 0 Å². The second kappa shape index (κ2) is 6.60. The summed E-state index contributed by atoms with van der Waals surface area (Å²) in [6.07, 6.45) is 8.21. The lowest BCUT2D eigenvalue weighted by Crippen LogP contribution is -2.40. The molecule has 3 heterocycles. The van der Waals surface area contributed by atoms with Crippen molar-refractivity contribution in [3.63, 3.8) is 0 Å². The smallest absolute Gasteiger partial charge is 0.284 e. The number of nitrogens with zero attached hydrogens (tertiary/aromatic N) is 4. The fourth-order valence-electron chi connectivity index (χ4n) is 3.29. The van der Waals surface area contributed by atoms with Gasteiger partial charge in [0.1, 0.15) is 4.83 Å². The van der Waals surface area contributed by atoms with Gasteiger partial charge in [-0.15, -0.1) is 11.3 Å². The minimum Gasteiger partial charge on any atom is -0.284 e. The number of thiophene rings is 1. The highest BCUT2D eigenvalue weighted by atomic mass is 32.2. The van der Waals surface area contributed by atoms with Crippen LogP contribution in [0.4, 0.5) is 0 Å². The normalized spacial score (nSPS) is 18.1. The molecule has 2 fully saturated rings. The molecule has 0 aromatic carbocycles. The molecule has 1 N–H and O–H groups in total. The lowest BCUT2D eigenvalue weighted by atomic mass is 10.3. The first-order valence-corrected chi connectivity index (χ1v) is 11.2. The van der Waals surface area contributed by atoms with Gasteiger partial charge in [-0.2, -0.15) is 5.10 Å². The maximum atomic E-state index is 13.2. The summed E-state index contributed by atoms with van der Waals surface area (Å²) in [6.45, 7) is 3.15. The zero-order chi connectivity index (χ0) is 19.5. The molecule has 148 valence electrons. The third-order valence-electron chi connectivity index (χ3n) is 5.51. The van der Waals surface area contributed by atoms with E-state index in [1.54, 1.807) is 34.2 Å². The molecular formula is C19H23N5O2S2. The molecule has 3 aromatic heterocycles. The minimum atomic E-state index is -0.214. The van der Waals surface area contributed by atoms with Crippen molar-refractivity contribution in [3.8, 4) is 0 Å². The molecule has 0 bridgehead atoms. The summed E-state index contributed by atoms with van der Waals surface area (Å²) >= 11 is 3.12. The first-order valence-electron chi connectivity index (χ1n) is 9.61. The Hall–Kier alpha value is -1.84. The van der Waals surface area contributed by atoms with Crippen molar-refractivity contribution in [1.82, 2.24) is 23.6 Å². The highest BCUT2D eigenvalue weighted by molar-refractivity contribution is 7.99. The van der Waals surface area contributed by atoms with Crippen LogP contribution in [0.15, 0.2) is 32.3 Å². The standard InChI is InChI=1S/C19H23N5O2S2/c1-19(5-6-19)21-28-15-7-14-16(25)23(11-13-8-20-22(2)9-13)18(26)24(17(14)27-15)10-12-3-4-12/h7-9,12,21H,3-6,10-11H2,1-2H3. The molecule has 0 amide bonds. The Morgan fingerprint density at radius 2 is 2.11 bits per heavy atom. The van der Waals surface area contributed by atoms with E-state index < -0.39 is 0 Å². The quantitative estimate of drug-likeness (QED) is 0.598. The molecule has 2 aliphatic carbocycles. The predicted octanol–water partition coefficient (Wildman–Crippen LogP) is 2.57. The third kappa shape index (κ3) is 3.46. The molecule has 28 heavy (non-hydrogen) atoms. The Morgan fingerprint density at radius 3 is 2.75 bits per heavy atom. The molecule has 0 saturated heterocycles. The topological polar surface area (TPSA) is 73.8 Å². The van der Waals surface area contributed by atoms with Gasteiger partial charge in [-0.3, -0.25) is 23.3 Å². The summed E-state index contributed by atoms with van der Waals surface area (Å²) in [5.74, 6) is 0.548. The summed E-state index contributed by atoms with van der Waals surface area (Å²) < 4.78 is 9.39. The Balaban J connectivity index is 1.58. The third-order valence-corrected chi connectivity index (χ3v) is 7.87. The van der Waals surface area contributed by atoms with Gasteiger partial charge in [0.05, 0.1) is 22.3 Å². The molecular weight excluding hydrogens is 394 g/mol. The SMILES string of the molecule is Cn1cc(Cn2c(=O)c3cc(SNC4(C)CC4)sc3n(CC3CC3)c2=O)cn1. The number of aromatic nitrogens is 4. The van der Waals surface area contributed by atoms with Gasteiger partial charge in [0.2, 0.25) is 0 Å². The van der Waals surface area contributed by atoms with Crippen LogP contribution in [0.1, 0.15) is 38.2 Å². The van der Waals surface area contributed by atoms with Gasteiger partial charge in [0.25, 0.3) is 5.56 Å². The summed E-state index contributed by atoms with van der Waals surface area (Å²) in [5.41, 5.74) is 0.632. The van der Waals surface area contributed by atoms with E-state index >= 15 is 0 Å². The molecule has 0 atom stereocenters. The van der Waals surface area contributed by atoms with E-state index in [0.29, 0.717) is 17.8 Å². The van der Waals surface area contributed by atoms with Gasteiger partial charge in [-0.25, -0.2) is 4.79 Å². The van der Waals surface area contributed by atoms with Gasteiger partial charge in [0.15, 0.2) is 0 Å². The first-order chi connectivity index (χ1) is 13.4. The summed E-state index contributed by atoms with van der Waals surface area (Å²) in [4.78, 5) is 27.1. The van der Waals surface area contributed by atoms with Gasteiger partial charge in [0, 0.05) is 30.9 Å². The number of hydrogen-bond donors (Lipinski definition) is 1. The molecule has 2 saturated carbocycles. The molecule has 0 aliphatic heterocycles.